The van der Waals surface area contributed by atoms with Gasteiger partial charge < -0.3 is 10.4 Å². The Balaban J connectivity index is 2.02. The minimum absolute atomic E-state index is 0.313. The molecular formula is C11H14FNO. The van der Waals surface area contributed by atoms with E-state index in [1.165, 1.54) is 6.07 Å². The molecule has 1 aromatic carbocycles. The van der Waals surface area contributed by atoms with Crippen molar-refractivity contribution < 1.29 is 9.50 Å². The SMILES string of the molecule is OC(CC1CNC1)c1ccccc1F. The van der Waals surface area contributed by atoms with Gasteiger partial charge >= 0.3 is 0 Å². The Hall–Kier alpha value is -0.930. The standard InChI is InChI=1S/C11H14FNO/c12-10-4-2-1-3-9(10)11(14)5-8-6-13-7-8/h1-4,8,11,13-14H,5-7H2. The summed E-state index contributed by atoms with van der Waals surface area (Å²) in [5.74, 6) is 0.178. The minimum Gasteiger partial charge on any atom is -0.388 e. The van der Waals surface area contributed by atoms with Crippen molar-refractivity contribution in [1.82, 2.24) is 5.32 Å². The molecule has 0 amide bonds. The molecule has 0 aromatic heterocycles. The molecular weight excluding hydrogens is 181 g/mol. The number of nitrogens with one attached hydrogen (secondary N) is 1. The van der Waals surface area contributed by atoms with Crippen LogP contribution in [0.2, 0.25) is 0 Å². The zero-order chi connectivity index (χ0) is 9.97. The van der Waals surface area contributed by atoms with E-state index >= 15 is 0 Å². The highest BCUT2D eigenvalue weighted by Gasteiger charge is 2.22. The van der Waals surface area contributed by atoms with Gasteiger partial charge in [-0.1, -0.05) is 18.2 Å². The summed E-state index contributed by atoms with van der Waals surface area (Å²) in [7, 11) is 0. The van der Waals surface area contributed by atoms with Crippen molar-refractivity contribution in [2.45, 2.75) is 12.5 Å². The molecule has 2 rings (SSSR count). The highest BCUT2D eigenvalue weighted by Crippen LogP contribution is 2.24. The fraction of sp³-hybridized carbons (Fsp3) is 0.455. The second-order valence-electron chi connectivity index (χ2n) is 3.80. The van der Waals surface area contributed by atoms with Crippen LogP contribution < -0.4 is 5.32 Å². The van der Waals surface area contributed by atoms with Gasteiger partial charge in [0.05, 0.1) is 6.10 Å². The summed E-state index contributed by atoms with van der Waals surface area (Å²) in [6.07, 6.45) is -0.0169. The second-order valence-corrected chi connectivity index (χ2v) is 3.80. The summed E-state index contributed by atoms with van der Waals surface area (Å²) in [4.78, 5) is 0. The maximum Gasteiger partial charge on any atom is 0.128 e. The lowest BCUT2D eigenvalue weighted by Gasteiger charge is -2.29. The lowest BCUT2D eigenvalue weighted by Crippen LogP contribution is -2.42. The molecule has 1 atom stereocenters. The van der Waals surface area contributed by atoms with Crippen LogP contribution in [0.3, 0.4) is 0 Å². The van der Waals surface area contributed by atoms with Crippen molar-refractivity contribution in [3.63, 3.8) is 0 Å². The molecule has 76 valence electrons. The number of rotatable bonds is 3. The van der Waals surface area contributed by atoms with Crippen molar-refractivity contribution in [1.29, 1.82) is 0 Å². The molecule has 0 saturated carbocycles. The van der Waals surface area contributed by atoms with Crippen LogP contribution in [-0.4, -0.2) is 18.2 Å². The van der Waals surface area contributed by atoms with E-state index in [1.807, 2.05) is 0 Å². The van der Waals surface area contributed by atoms with Crippen molar-refractivity contribution in [2.75, 3.05) is 13.1 Å². The highest BCUT2D eigenvalue weighted by molar-refractivity contribution is 5.19. The first-order valence-electron chi connectivity index (χ1n) is 4.90. The molecule has 14 heavy (non-hydrogen) atoms. The molecule has 1 unspecified atom stereocenters. The van der Waals surface area contributed by atoms with Gasteiger partial charge in [-0.25, -0.2) is 4.39 Å². The van der Waals surface area contributed by atoms with Gasteiger partial charge in [-0.15, -0.1) is 0 Å². The van der Waals surface area contributed by atoms with E-state index in [0.29, 0.717) is 17.9 Å². The topological polar surface area (TPSA) is 32.3 Å². The zero-order valence-corrected chi connectivity index (χ0v) is 7.91. The molecule has 1 aliphatic heterocycles. The van der Waals surface area contributed by atoms with E-state index in [2.05, 4.69) is 5.32 Å². The van der Waals surface area contributed by atoms with Crippen LogP contribution in [-0.2, 0) is 0 Å². The Kier molecular flexibility index (Phi) is 2.79. The van der Waals surface area contributed by atoms with Gasteiger partial charge in [0.25, 0.3) is 0 Å². The molecule has 1 aromatic rings. The quantitative estimate of drug-likeness (QED) is 0.765. The molecule has 1 aliphatic rings. The Labute approximate surface area is 82.8 Å². The third-order valence-corrected chi connectivity index (χ3v) is 2.69. The largest absolute Gasteiger partial charge is 0.388 e. The normalized spacial score (nSPS) is 19.0. The van der Waals surface area contributed by atoms with Gasteiger partial charge in [0.1, 0.15) is 5.82 Å². The van der Waals surface area contributed by atoms with Gasteiger partial charge in [0.15, 0.2) is 0 Å². The van der Waals surface area contributed by atoms with Crippen molar-refractivity contribution >= 4 is 0 Å². The maximum absolute atomic E-state index is 13.2. The average molecular weight is 195 g/mol. The molecule has 0 radical (unpaired) electrons. The Bertz CT molecular complexity index is 312. The molecule has 0 bridgehead atoms. The zero-order valence-electron chi connectivity index (χ0n) is 7.91. The highest BCUT2D eigenvalue weighted by atomic mass is 19.1. The number of hydrogen-bond donors (Lipinski definition) is 2. The van der Waals surface area contributed by atoms with Crippen LogP contribution in [0.4, 0.5) is 4.39 Å². The fourth-order valence-electron chi connectivity index (χ4n) is 1.70. The molecule has 1 heterocycles. The molecule has 1 saturated heterocycles. The van der Waals surface area contributed by atoms with Crippen LogP contribution >= 0.6 is 0 Å². The van der Waals surface area contributed by atoms with Gasteiger partial charge in [0.2, 0.25) is 0 Å². The monoisotopic (exact) mass is 195 g/mol. The third-order valence-electron chi connectivity index (χ3n) is 2.69. The van der Waals surface area contributed by atoms with Crippen LogP contribution in [0.5, 0.6) is 0 Å². The summed E-state index contributed by atoms with van der Waals surface area (Å²) in [6, 6.07) is 6.42. The van der Waals surface area contributed by atoms with Crippen LogP contribution in [0.15, 0.2) is 24.3 Å². The predicted octanol–water partition coefficient (Wildman–Crippen LogP) is 1.47. The summed E-state index contributed by atoms with van der Waals surface area (Å²) in [5.41, 5.74) is 0.416. The third kappa shape index (κ3) is 1.94. The van der Waals surface area contributed by atoms with E-state index < -0.39 is 6.10 Å². The summed E-state index contributed by atoms with van der Waals surface area (Å²) in [6.45, 7) is 1.87. The summed E-state index contributed by atoms with van der Waals surface area (Å²) >= 11 is 0. The number of halogens is 1. The van der Waals surface area contributed by atoms with Gasteiger partial charge in [0, 0.05) is 5.56 Å². The van der Waals surface area contributed by atoms with Crippen molar-refractivity contribution in [3.05, 3.63) is 35.6 Å². The molecule has 3 heteroatoms. The summed E-state index contributed by atoms with van der Waals surface area (Å²) in [5, 5.41) is 12.9. The first-order valence-corrected chi connectivity index (χ1v) is 4.90. The number of hydrogen-bond acceptors (Lipinski definition) is 2. The first kappa shape index (κ1) is 9.62. The van der Waals surface area contributed by atoms with E-state index in [-0.39, 0.29) is 5.82 Å². The van der Waals surface area contributed by atoms with Crippen molar-refractivity contribution in [3.8, 4) is 0 Å². The Morgan fingerprint density at radius 2 is 2.14 bits per heavy atom. The average Bonchev–Trinajstić information content (AvgIpc) is 2.12. The fourth-order valence-corrected chi connectivity index (χ4v) is 1.70. The second kappa shape index (κ2) is 4.07. The molecule has 2 N–H and O–H groups in total. The number of aliphatic hydroxyl groups is 1. The molecule has 1 fully saturated rings. The minimum atomic E-state index is -0.664. The molecule has 0 aliphatic carbocycles. The van der Waals surface area contributed by atoms with Crippen LogP contribution in [0.1, 0.15) is 18.1 Å². The van der Waals surface area contributed by atoms with Crippen molar-refractivity contribution in [2.24, 2.45) is 5.92 Å². The summed E-state index contributed by atoms with van der Waals surface area (Å²) < 4.78 is 13.2. The Morgan fingerprint density at radius 3 is 2.71 bits per heavy atom. The number of benzene rings is 1. The molecule has 0 spiro atoms. The predicted molar refractivity (Wildman–Crippen MR) is 52.3 cm³/mol. The lowest BCUT2D eigenvalue weighted by molar-refractivity contribution is 0.123. The maximum atomic E-state index is 13.2. The van der Waals surface area contributed by atoms with Gasteiger partial charge in [-0.2, -0.15) is 0 Å². The van der Waals surface area contributed by atoms with Crippen LogP contribution in [0, 0.1) is 11.7 Å². The van der Waals surface area contributed by atoms with Gasteiger partial charge in [-0.05, 0) is 31.5 Å². The van der Waals surface area contributed by atoms with Gasteiger partial charge in [-0.3, -0.25) is 0 Å². The van der Waals surface area contributed by atoms with E-state index in [9.17, 15) is 9.50 Å². The van der Waals surface area contributed by atoms with E-state index in [4.69, 9.17) is 0 Å². The smallest absolute Gasteiger partial charge is 0.128 e. The van der Waals surface area contributed by atoms with E-state index in [1.54, 1.807) is 18.2 Å². The number of aliphatic hydroxyl groups excluding tert-OH is 1. The van der Waals surface area contributed by atoms with Crippen LogP contribution in [0.25, 0.3) is 0 Å². The first-order chi connectivity index (χ1) is 6.77. The lowest BCUT2D eigenvalue weighted by atomic mass is 9.92. The van der Waals surface area contributed by atoms with E-state index in [0.717, 1.165) is 13.1 Å². The molecule has 2 nitrogen and oxygen atoms in total. The Morgan fingerprint density at radius 1 is 1.43 bits per heavy atom.